The second kappa shape index (κ2) is 8.08. The molecule has 1 rings (SSSR count). The Balaban J connectivity index is 3.85. The van der Waals surface area contributed by atoms with E-state index in [0.29, 0.717) is 0 Å². The molecule has 1 heterocycles. The molecular formula is C14H15F5N2O4. The summed E-state index contributed by atoms with van der Waals surface area (Å²) in [4.78, 5) is 26.3. The number of hydrogen-bond donors (Lipinski definition) is 1. The van der Waals surface area contributed by atoms with Crippen molar-refractivity contribution in [1.82, 2.24) is 4.98 Å². The minimum Gasteiger partial charge on any atom is -0.462 e. The summed E-state index contributed by atoms with van der Waals surface area (Å²) in [6.45, 7) is 2.46. The second-order valence-corrected chi connectivity index (χ2v) is 4.56. The molecule has 11 heteroatoms. The molecule has 0 spiro atoms. The summed E-state index contributed by atoms with van der Waals surface area (Å²) in [5.74, 6) is -1.38. The molecule has 0 bridgehead atoms. The van der Waals surface area contributed by atoms with Gasteiger partial charge in [-0.2, -0.15) is 13.2 Å². The number of halogens is 5. The van der Waals surface area contributed by atoms with E-state index in [-0.39, 0.29) is 13.0 Å². The van der Waals surface area contributed by atoms with Gasteiger partial charge in [0, 0.05) is 0 Å². The SMILES string of the molecule is CCOC(=O)c1c(C(F)(F)F)nc(C(F)F)c(NC(=O)OC)c1CC. The maximum absolute atomic E-state index is 13.2. The van der Waals surface area contributed by atoms with Gasteiger partial charge in [-0.3, -0.25) is 5.32 Å². The van der Waals surface area contributed by atoms with Crippen molar-refractivity contribution < 1.29 is 41.0 Å². The molecule has 0 saturated carbocycles. The van der Waals surface area contributed by atoms with Gasteiger partial charge in [0.1, 0.15) is 5.69 Å². The Labute approximate surface area is 139 Å². The minimum atomic E-state index is -5.18. The lowest BCUT2D eigenvalue weighted by Crippen LogP contribution is -2.24. The first-order valence-electron chi connectivity index (χ1n) is 7.02. The van der Waals surface area contributed by atoms with Crippen LogP contribution in [-0.4, -0.2) is 30.8 Å². The highest BCUT2D eigenvalue weighted by Crippen LogP contribution is 2.39. The Morgan fingerprint density at radius 2 is 1.84 bits per heavy atom. The lowest BCUT2D eigenvalue weighted by atomic mass is 9.99. The first kappa shape index (κ1) is 20.6. The lowest BCUT2D eigenvalue weighted by molar-refractivity contribution is -0.142. The van der Waals surface area contributed by atoms with Crippen LogP contribution in [0.5, 0.6) is 0 Å². The van der Waals surface area contributed by atoms with E-state index in [4.69, 9.17) is 0 Å². The minimum absolute atomic E-state index is 0.240. The normalized spacial score (nSPS) is 11.4. The number of carbonyl (C=O) groups excluding carboxylic acids is 2. The third-order valence-electron chi connectivity index (χ3n) is 3.05. The summed E-state index contributed by atoms with van der Waals surface area (Å²) < 4.78 is 75.0. The van der Waals surface area contributed by atoms with Gasteiger partial charge in [0.2, 0.25) is 0 Å². The fourth-order valence-electron chi connectivity index (χ4n) is 2.09. The third-order valence-corrected chi connectivity index (χ3v) is 3.05. The van der Waals surface area contributed by atoms with Crippen LogP contribution >= 0.6 is 0 Å². The molecule has 1 aromatic rings. The van der Waals surface area contributed by atoms with E-state index in [1.54, 1.807) is 0 Å². The van der Waals surface area contributed by atoms with E-state index in [1.165, 1.54) is 13.8 Å². The average molecular weight is 370 g/mol. The predicted octanol–water partition coefficient (Wildman–Crippen LogP) is 3.96. The highest BCUT2D eigenvalue weighted by atomic mass is 19.4. The molecule has 0 aliphatic heterocycles. The van der Waals surface area contributed by atoms with Gasteiger partial charge in [0.15, 0.2) is 5.69 Å². The van der Waals surface area contributed by atoms with Gasteiger partial charge < -0.3 is 9.47 Å². The fraction of sp³-hybridized carbons (Fsp3) is 0.500. The standard InChI is InChI=1S/C14H15F5N2O4/c1-4-6-7(12(22)25-5-2)10(14(17,18)19)20-9(11(15)16)8(6)21-13(23)24-3/h11H,4-5H2,1-3H3,(H,21,23). The maximum atomic E-state index is 13.2. The van der Waals surface area contributed by atoms with Crippen molar-refractivity contribution in [3.8, 4) is 0 Å². The number of alkyl halides is 5. The molecule has 1 aromatic heterocycles. The number of nitrogens with one attached hydrogen (secondary N) is 1. The van der Waals surface area contributed by atoms with Crippen LogP contribution in [-0.2, 0) is 22.1 Å². The molecule has 0 saturated heterocycles. The largest absolute Gasteiger partial charge is 0.462 e. The van der Waals surface area contributed by atoms with Gasteiger partial charge in [0.05, 0.1) is 25.0 Å². The Kier molecular flexibility index (Phi) is 6.65. The second-order valence-electron chi connectivity index (χ2n) is 4.56. The van der Waals surface area contributed by atoms with Gasteiger partial charge >= 0.3 is 18.2 Å². The van der Waals surface area contributed by atoms with Crippen LogP contribution in [0.2, 0.25) is 0 Å². The molecule has 0 aromatic carbocycles. The van der Waals surface area contributed by atoms with Crippen LogP contribution in [0.3, 0.4) is 0 Å². The van der Waals surface area contributed by atoms with Crippen molar-refractivity contribution in [1.29, 1.82) is 0 Å². The molecule has 0 aliphatic carbocycles. The zero-order valence-corrected chi connectivity index (χ0v) is 13.5. The molecule has 0 radical (unpaired) electrons. The van der Waals surface area contributed by atoms with Crippen molar-refractivity contribution in [3.63, 3.8) is 0 Å². The molecule has 0 atom stereocenters. The maximum Gasteiger partial charge on any atom is 0.434 e. The number of pyridine rings is 1. The van der Waals surface area contributed by atoms with E-state index >= 15 is 0 Å². The topological polar surface area (TPSA) is 77.5 Å². The monoisotopic (exact) mass is 370 g/mol. The smallest absolute Gasteiger partial charge is 0.434 e. The Morgan fingerprint density at radius 3 is 2.24 bits per heavy atom. The number of hydrogen-bond acceptors (Lipinski definition) is 5. The molecule has 0 fully saturated rings. The highest BCUT2D eigenvalue weighted by molar-refractivity contribution is 5.97. The number of esters is 1. The quantitative estimate of drug-likeness (QED) is 0.627. The van der Waals surface area contributed by atoms with Crippen molar-refractivity contribution in [3.05, 3.63) is 22.5 Å². The number of anilines is 1. The number of ether oxygens (including phenoxy) is 2. The Bertz CT molecular complexity index is 662. The summed E-state index contributed by atoms with van der Waals surface area (Å²) in [5.41, 5.74) is -5.31. The van der Waals surface area contributed by atoms with Crippen LogP contribution < -0.4 is 5.32 Å². The first-order valence-corrected chi connectivity index (χ1v) is 7.02. The van der Waals surface area contributed by atoms with Crippen LogP contribution in [0, 0.1) is 0 Å². The number of amides is 1. The van der Waals surface area contributed by atoms with Crippen molar-refractivity contribution in [2.24, 2.45) is 0 Å². The van der Waals surface area contributed by atoms with Gasteiger partial charge in [-0.1, -0.05) is 6.92 Å². The van der Waals surface area contributed by atoms with E-state index in [1.807, 2.05) is 5.32 Å². The number of rotatable bonds is 5. The molecular weight excluding hydrogens is 355 g/mol. The number of nitrogens with zero attached hydrogens (tertiary/aromatic N) is 1. The highest BCUT2D eigenvalue weighted by Gasteiger charge is 2.42. The predicted molar refractivity (Wildman–Crippen MR) is 75.6 cm³/mol. The number of methoxy groups -OCH3 is 1. The molecule has 6 nitrogen and oxygen atoms in total. The van der Waals surface area contributed by atoms with Gasteiger partial charge in [-0.05, 0) is 18.9 Å². The van der Waals surface area contributed by atoms with Gasteiger partial charge in [-0.15, -0.1) is 0 Å². The van der Waals surface area contributed by atoms with Crippen LogP contribution in [0.1, 0.15) is 47.6 Å². The zero-order chi connectivity index (χ0) is 19.4. The summed E-state index contributed by atoms with van der Waals surface area (Å²) in [6.07, 6.45) is -10.1. The van der Waals surface area contributed by atoms with Crippen molar-refractivity contribution in [2.75, 3.05) is 19.0 Å². The van der Waals surface area contributed by atoms with Crippen molar-refractivity contribution >= 4 is 17.7 Å². The van der Waals surface area contributed by atoms with E-state index < -0.39 is 52.9 Å². The third kappa shape index (κ3) is 4.54. The molecule has 140 valence electrons. The van der Waals surface area contributed by atoms with Gasteiger partial charge in [-0.25, -0.2) is 23.4 Å². The lowest BCUT2D eigenvalue weighted by Gasteiger charge is -2.20. The Hall–Kier alpha value is -2.46. The van der Waals surface area contributed by atoms with Crippen LogP contribution in [0.4, 0.5) is 32.4 Å². The van der Waals surface area contributed by atoms with E-state index in [0.717, 1.165) is 7.11 Å². The number of carbonyl (C=O) groups is 2. The fourth-order valence-corrected chi connectivity index (χ4v) is 2.09. The van der Waals surface area contributed by atoms with E-state index in [2.05, 4.69) is 14.5 Å². The summed E-state index contributed by atoms with van der Waals surface area (Å²) in [7, 11) is 0.937. The first-order chi connectivity index (χ1) is 11.6. The summed E-state index contributed by atoms with van der Waals surface area (Å²) >= 11 is 0. The molecule has 0 aliphatic rings. The summed E-state index contributed by atoms with van der Waals surface area (Å²) in [5, 5.41) is 1.90. The van der Waals surface area contributed by atoms with Crippen LogP contribution in [0.25, 0.3) is 0 Å². The molecule has 1 N–H and O–H groups in total. The molecule has 1 amide bonds. The number of aromatic nitrogens is 1. The molecule has 0 unspecified atom stereocenters. The molecule has 25 heavy (non-hydrogen) atoms. The van der Waals surface area contributed by atoms with E-state index in [9.17, 15) is 31.5 Å². The van der Waals surface area contributed by atoms with Crippen molar-refractivity contribution in [2.45, 2.75) is 32.9 Å². The average Bonchev–Trinajstić information content (AvgIpc) is 2.52. The van der Waals surface area contributed by atoms with Crippen LogP contribution in [0.15, 0.2) is 0 Å². The Morgan fingerprint density at radius 1 is 1.24 bits per heavy atom. The summed E-state index contributed by atoms with van der Waals surface area (Å²) in [6, 6.07) is 0. The zero-order valence-electron chi connectivity index (χ0n) is 13.5. The van der Waals surface area contributed by atoms with Gasteiger partial charge in [0.25, 0.3) is 6.43 Å².